The molecule has 0 heterocycles. The average Bonchev–Trinajstić information content (AvgIpc) is 2.08. The maximum atomic E-state index is 11.5. The van der Waals surface area contributed by atoms with Crippen LogP contribution in [0.3, 0.4) is 0 Å². The monoisotopic (exact) mass is 199 g/mol. The van der Waals surface area contributed by atoms with Crippen LogP contribution in [0.2, 0.25) is 0 Å². The molecule has 1 rings (SSSR count). The first kappa shape index (κ1) is 10.7. The van der Waals surface area contributed by atoms with Crippen molar-refractivity contribution in [2.75, 3.05) is 0 Å². The summed E-state index contributed by atoms with van der Waals surface area (Å²) in [5.41, 5.74) is 3.42. The lowest BCUT2D eigenvalue weighted by molar-refractivity contribution is -0.159. The van der Waals surface area contributed by atoms with Crippen LogP contribution in [-0.2, 0) is 14.4 Å². The van der Waals surface area contributed by atoms with E-state index in [0.29, 0.717) is 12.8 Å². The van der Waals surface area contributed by atoms with E-state index >= 15 is 0 Å². The van der Waals surface area contributed by atoms with E-state index in [1.807, 2.05) is 0 Å². The van der Waals surface area contributed by atoms with Gasteiger partial charge in [-0.05, 0) is 12.8 Å². The molecular formula is C9H13NO4. The Morgan fingerprint density at radius 3 is 2.50 bits per heavy atom. The first-order valence-corrected chi connectivity index (χ1v) is 4.54. The molecule has 0 spiro atoms. The van der Waals surface area contributed by atoms with Crippen molar-refractivity contribution in [2.45, 2.75) is 32.1 Å². The maximum absolute atomic E-state index is 11.5. The van der Waals surface area contributed by atoms with Gasteiger partial charge in [-0.2, -0.15) is 0 Å². The minimum absolute atomic E-state index is 0.226. The number of primary amides is 1. The van der Waals surface area contributed by atoms with Crippen molar-refractivity contribution in [1.82, 2.24) is 0 Å². The lowest BCUT2D eigenvalue weighted by Crippen LogP contribution is -2.44. The second-order valence-corrected chi connectivity index (χ2v) is 3.66. The van der Waals surface area contributed by atoms with Gasteiger partial charge in [0.05, 0.1) is 0 Å². The highest BCUT2D eigenvalue weighted by atomic mass is 16.4. The van der Waals surface area contributed by atoms with Gasteiger partial charge in [0.25, 0.3) is 0 Å². The average molecular weight is 199 g/mol. The predicted molar refractivity (Wildman–Crippen MR) is 47.4 cm³/mol. The summed E-state index contributed by atoms with van der Waals surface area (Å²) in [5, 5.41) is 8.98. The molecule has 1 amide bonds. The second-order valence-electron chi connectivity index (χ2n) is 3.66. The number of carbonyl (C=O) groups excluding carboxylic acids is 2. The fourth-order valence-electron chi connectivity index (χ4n) is 1.88. The second kappa shape index (κ2) is 3.77. The summed E-state index contributed by atoms with van der Waals surface area (Å²) in [7, 11) is 0. The summed E-state index contributed by atoms with van der Waals surface area (Å²) < 4.78 is 0. The van der Waals surface area contributed by atoms with Crippen LogP contribution < -0.4 is 5.73 Å². The molecule has 1 atom stereocenters. The Hall–Kier alpha value is -1.39. The van der Waals surface area contributed by atoms with Crippen molar-refractivity contribution in [3.63, 3.8) is 0 Å². The number of carbonyl (C=O) groups is 3. The van der Waals surface area contributed by atoms with Gasteiger partial charge in [0.1, 0.15) is 5.41 Å². The smallest absolute Gasteiger partial charge is 0.317 e. The van der Waals surface area contributed by atoms with E-state index in [0.717, 1.165) is 0 Å². The number of Topliss-reactive ketones (excluding diaryl/α,β-unsaturated/α-hetero) is 1. The molecule has 0 aromatic carbocycles. The Kier molecular flexibility index (Phi) is 2.88. The fraction of sp³-hybridized carbons (Fsp3) is 0.667. The number of amides is 1. The molecule has 14 heavy (non-hydrogen) atoms. The van der Waals surface area contributed by atoms with Gasteiger partial charge in [-0.3, -0.25) is 14.4 Å². The molecule has 1 aliphatic carbocycles. The molecule has 1 fully saturated rings. The van der Waals surface area contributed by atoms with Crippen molar-refractivity contribution in [3.05, 3.63) is 0 Å². The van der Waals surface area contributed by atoms with Crippen LogP contribution in [0.15, 0.2) is 0 Å². The zero-order valence-electron chi connectivity index (χ0n) is 7.78. The summed E-state index contributed by atoms with van der Waals surface area (Å²) in [5.74, 6) is -2.32. The zero-order valence-corrected chi connectivity index (χ0v) is 7.78. The van der Waals surface area contributed by atoms with Crippen molar-refractivity contribution in [3.8, 4) is 0 Å². The van der Waals surface area contributed by atoms with Gasteiger partial charge in [0, 0.05) is 12.8 Å². The highest BCUT2D eigenvalue weighted by molar-refractivity contribution is 6.06. The molecule has 0 radical (unpaired) electrons. The number of carboxylic acid groups (broad SMARTS) is 1. The van der Waals surface area contributed by atoms with Crippen LogP contribution in [0, 0.1) is 5.41 Å². The number of hydrogen-bond acceptors (Lipinski definition) is 3. The summed E-state index contributed by atoms with van der Waals surface area (Å²) in [6.45, 7) is 0. The quantitative estimate of drug-likeness (QED) is 0.628. The van der Waals surface area contributed by atoms with Gasteiger partial charge in [0.15, 0.2) is 5.78 Å². The van der Waals surface area contributed by atoms with Crippen LogP contribution >= 0.6 is 0 Å². The third-order valence-electron chi connectivity index (χ3n) is 2.68. The van der Waals surface area contributed by atoms with Gasteiger partial charge < -0.3 is 10.8 Å². The van der Waals surface area contributed by atoms with Gasteiger partial charge >= 0.3 is 5.97 Å². The lowest BCUT2D eigenvalue weighted by atomic mass is 9.70. The number of carboxylic acids is 1. The van der Waals surface area contributed by atoms with E-state index in [1.54, 1.807) is 0 Å². The van der Waals surface area contributed by atoms with E-state index in [4.69, 9.17) is 10.8 Å². The molecule has 0 aromatic heterocycles. The molecule has 0 aromatic rings. The van der Waals surface area contributed by atoms with E-state index in [-0.39, 0.29) is 25.0 Å². The first-order valence-electron chi connectivity index (χ1n) is 4.54. The minimum atomic E-state index is -1.54. The summed E-state index contributed by atoms with van der Waals surface area (Å²) >= 11 is 0. The largest absolute Gasteiger partial charge is 0.480 e. The third-order valence-corrected chi connectivity index (χ3v) is 2.68. The maximum Gasteiger partial charge on any atom is 0.317 e. The Balaban J connectivity index is 2.95. The van der Waals surface area contributed by atoms with Crippen molar-refractivity contribution in [2.24, 2.45) is 11.1 Å². The van der Waals surface area contributed by atoms with Crippen LogP contribution in [-0.4, -0.2) is 22.8 Å². The Morgan fingerprint density at radius 1 is 1.43 bits per heavy atom. The molecular weight excluding hydrogens is 186 g/mol. The van der Waals surface area contributed by atoms with Gasteiger partial charge in [-0.25, -0.2) is 0 Å². The van der Waals surface area contributed by atoms with E-state index in [2.05, 4.69) is 0 Å². The SMILES string of the molecule is NC(=O)C[C@]1(C(=O)O)CCCCC1=O. The molecule has 0 unspecified atom stereocenters. The number of nitrogens with two attached hydrogens (primary N) is 1. The Labute approximate surface area is 81.3 Å². The summed E-state index contributed by atoms with van der Waals surface area (Å²) in [6, 6.07) is 0. The van der Waals surface area contributed by atoms with E-state index < -0.39 is 17.3 Å². The van der Waals surface area contributed by atoms with Gasteiger partial charge in [-0.1, -0.05) is 6.42 Å². The number of rotatable bonds is 3. The number of hydrogen-bond donors (Lipinski definition) is 2. The van der Waals surface area contributed by atoms with E-state index in [9.17, 15) is 14.4 Å². The third kappa shape index (κ3) is 1.76. The molecule has 0 bridgehead atoms. The molecule has 5 nitrogen and oxygen atoms in total. The summed E-state index contributed by atoms with van der Waals surface area (Å²) in [4.78, 5) is 33.2. The highest BCUT2D eigenvalue weighted by Crippen LogP contribution is 2.36. The molecule has 78 valence electrons. The molecule has 0 aliphatic heterocycles. The predicted octanol–water partition coefficient (Wildman–Crippen LogP) is 0.0759. The Bertz CT molecular complexity index is 287. The first-order chi connectivity index (χ1) is 6.49. The molecule has 5 heteroatoms. The van der Waals surface area contributed by atoms with Gasteiger partial charge in [0.2, 0.25) is 5.91 Å². The number of aliphatic carboxylic acids is 1. The van der Waals surface area contributed by atoms with Crippen LogP contribution in [0.25, 0.3) is 0 Å². The lowest BCUT2D eigenvalue weighted by Gasteiger charge is -2.30. The highest BCUT2D eigenvalue weighted by Gasteiger charge is 2.47. The van der Waals surface area contributed by atoms with Crippen LogP contribution in [0.5, 0.6) is 0 Å². The summed E-state index contributed by atoms with van der Waals surface area (Å²) in [6.07, 6.45) is 1.45. The molecule has 3 N–H and O–H groups in total. The standard InChI is InChI=1S/C9H13NO4/c10-7(12)5-9(8(13)14)4-2-1-3-6(9)11/h1-5H2,(H2,10,12)(H,13,14)/t9-/m1/s1. The van der Waals surface area contributed by atoms with Crippen molar-refractivity contribution in [1.29, 1.82) is 0 Å². The molecule has 0 saturated heterocycles. The number of ketones is 1. The van der Waals surface area contributed by atoms with Crippen molar-refractivity contribution < 1.29 is 19.5 Å². The minimum Gasteiger partial charge on any atom is -0.480 e. The van der Waals surface area contributed by atoms with Crippen LogP contribution in [0.4, 0.5) is 0 Å². The Morgan fingerprint density at radius 2 is 2.07 bits per heavy atom. The fourth-order valence-corrected chi connectivity index (χ4v) is 1.88. The molecule has 1 saturated carbocycles. The van der Waals surface area contributed by atoms with Crippen LogP contribution in [0.1, 0.15) is 32.1 Å². The van der Waals surface area contributed by atoms with Gasteiger partial charge in [-0.15, -0.1) is 0 Å². The topological polar surface area (TPSA) is 97.5 Å². The zero-order chi connectivity index (χ0) is 10.8. The van der Waals surface area contributed by atoms with E-state index in [1.165, 1.54) is 0 Å². The van der Waals surface area contributed by atoms with Crippen molar-refractivity contribution >= 4 is 17.7 Å². The molecule has 1 aliphatic rings. The normalized spacial score (nSPS) is 27.3.